The van der Waals surface area contributed by atoms with Crippen LogP contribution in [0.1, 0.15) is 48.9 Å². The van der Waals surface area contributed by atoms with Crippen molar-refractivity contribution in [2.24, 2.45) is 5.92 Å². The SMILES string of the molecule is C=C(Br)CN(C(=O)c1ccc(Cl)cc1Cl)C(CC1CCCCC1)C(=O)O. The summed E-state index contributed by atoms with van der Waals surface area (Å²) in [6, 6.07) is 3.65. The molecule has 2 rings (SSSR count). The zero-order chi connectivity index (χ0) is 19.3. The van der Waals surface area contributed by atoms with E-state index >= 15 is 0 Å². The topological polar surface area (TPSA) is 57.6 Å². The predicted octanol–water partition coefficient (Wildman–Crippen LogP) is 5.77. The van der Waals surface area contributed by atoms with E-state index in [1.807, 2.05) is 0 Å². The lowest BCUT2D eigenvalue weighted by atomic mass is 9.84. The van der Waals surface area contributed by atoms with Crippen LogP contribution in [0.4, 0.5) is 0 Å². The van der Waals surface area contributed by atoms with Crippen LogP contribution in [0.5, 0.6) is 0 Å². The highest BCUT2D eigenvalue weighted by Gasteiger charge is 2.33. The highest BCUT2D eigenvalue weighted by Crippen LogP contribution is 2.30. The maximum absolute atomic E-state index is 13.1. The van der Waals surface area contributed by atoms with Crippen molar-refractivity contribution in [2.75, 3.05) is 6.54 Å². The standard InChI is InChI=1S/C19H22BrCl2NO3/c1-12(20)11-23(18(24)15-8-7-14(21)10-16(15)22)17(19(25)26)9-13-5-3-2-4-6-13/h7-8,10,13,17H,1-6,9,11H2,(H,25,26). The fourth-order valence-corrected chi connectivity index (χ4v) is 4.19. The monoisotopic (exact) mass is 461 g/mol. The van der Waals surface area contributed by atoms with Crippen LogP contribution in [0.2, 0.25) is 10.0 Å². The number of hydrogen-bond donors (Lipinski definition) is 1. The molecule has 4 nitrogen and oxygen atoms in total. The summed E-state index contributed by atoms with van der Waals surface area (Å²) in [6.07, 6.45) is 5.85. The van der Waals surface area contributed by atoms with Gasteiger partial charge in [0.1, 0.15) is 6.04 Å². The Bertz CT molecular complexity index is 689. The van der Waals surface area contributed by atoms with Crippen LogP contribution < -0.4 is 0 Å². The quantitative estimate of drug-likeness (QED) is 0.559. The Morgan fingerprint density at radius 2 is 1.92 bits per heavy atom. The van der Waals surface area contributed by atoms with Gasteiger partial charge in [0.05, 0.1) is 17.1 Å². The van der Waals surface area contributed by atoms with Gasteiger partial charge in [-0.25, -0.2) is 4.79 Å². The largest absolute Gasteiger partial charge is 0.480 e. The average Bonchev–Trinajstić information content (AvgIpc) is 2.58. The number of hydrogen-bond acceptors (Lipinski definition) is 2. The van der Waals surface area contributed by atoms with Gasteiger partial charge in [0.2, 0.25) is 0 Å². The second kappa shape index (κ2) is 9.77. The van der Waals surface area contributed by atoms with E-state index in [0.29, 0.717) is 21.8 Å². The summed E-state index contributed by atoms with van der Waals surface area (Å²) in [5.74, 6) is -1.14. The molecule has 0 bridgehead atoms. The molecule has 1 aromatic carbocycles. The van der Waals surface area contributed by atoms with Gasteiger partial charge in [0, 0.05) is 9.51 Å². The molecule has 0 saturated heterocycles. The summed E-state index contributed by atoms with van der Waals surface area (Å²) < 4.78 is 0.533. The van der Waals surface area contributed by atoms with Gasteiger partial charge in [-0.3, -0.25) is 4.79 Å². The maximum Gasteiger partial charge on any atom is 0.326 e. The Morgan fingerprint density at radius 3 is 2.46 bits per heavy atom. The molecule has 0 heterocycles. The van der Waals surface area contributed by atoms with Crippen LogP contribution in [0.15, 0.2) is 29.3 Å². The van der Waals surface area contributed by atoms with E-state index in [1.54, 1.807) is 6.07 Å². The first-order valence-corrected chi connectivity index (χ1v) is 10.2. The minimum Gasteiger partial charge on any atom is -0.480 e. The third-order valence-electron chi connectivity index (χ3n) is 4.71. The van der Waals surface area contributed by atoms with E-state index in [9.17, 15) is 14.7 Å². The third kappa shape index (κ3) is 5.73. The molecule has 1 aliphatic carbocycles. The summed E-state index contributed by atoms with van der Waals surface area (Å²) in [7, 11) is 0. The van der Waals surface area contributed by atoms with E-state index in [0.717, 1.165) is 25.7 Å². The summed E-state index contributed by atoms with van der Waals surface area (Å²) in [4.78, 5) is 26.4. The number of halogens is 3. The number of amides is 1. The third-order valence-corrected chi connectivity index (χ3v) is 5.51. The molecule has 1 aromatic rings. The van der Waals surface area contributed by atoms with Gasteiger partial charge >= 0.3 is 5.97 Å². The molecule has 0 radical (unpaired) electrons. The van der Waals surface area contributed by atoms with Crippen molar-refractivity contribution in [1.82, 2.24) is 4.90 Å². The van der Waals surface area contributed by atoms with Crippen LogP contribution >= 0.6 is 39.1 Å². The van der Waals surface area contributed by atoms with E-state index in [-0.39, 0.29) is 17.1 Å². The van der Waals surface area contributed by atoms with Crippen LogP contribution in [0, 0.1) is 5.92 Å². The minimum absolute atomic E-state index is 0.0987. The smallest absolute Gasteiger partial charge is 0.326 e. The van der Waals surface area contributed by atoms with Gasteiger partial charge in [-0.05, 0) is 30.5 Å². The first kappa shape index (κ1) is 21.3. The Hall–Kier alpha value is -1.04. The lowest BCUT2D eigenvalue weighted by Gasteiger charge is -2.33. The molecular weight excluding hydrogens is 441 g/mol. The van der Waals surface area contributed by atoms with Crippen LogP contribution in [-0.2, 0) is 4.79 Å². The molecule has 1 N–H and O–H groups in total. The number of nitrogens with zero attached hydrogens (tertiary/aromatic N) is 1. The van der Waals surface area contributed by atoms with Gasteiger partial charge in [0.25, 0.3) is 5.91 Å². The molecule has 1 unspecified atom stereocenters. The second-order valence-corrected chi connectivity index (χ2v) is 8.63. The normalized spacial score (nSPS) is 16.1. The molecule has 1 amide bonds. The predicted molar refractivity (Wildman–Crippen MR) is 108 cm³/mol. The van der Waals surface area contributed by atoms with Crippen molar-refractivity contribution in [2.45, 2.75) is 44.6 Å². The van der Waals surface area contributed by atoms with Gasteiger partial charge < -0.3 is 10.0 Å². The Balaban J connectivity index is 2.30. The van der Waals surface area contributed by atoms with Crippen LogP contribution in [-0.4, -0.2) is 34.5 Å². The number of carbonyl (C=O) groups is 2. The molecule has 1 aliphatic rings. The number of rotatable bonds is 7. The molecule has 7 heteroatoms. The Morgan fingerprint density at radius 1 is 1.27 bits per heavy atom. The summed E-state index contributed by atoms with van der Waals surface area (Å²) in [5, 5.41) is 10.4. The molecule has 1 atom stereocenters. The van der Waals surface area contributed by atoms with Crippen molar-refractivity contribution < 1.29 is 14.7 Å². The lowest BCUT2D eigenvalue weighted by molar-refractivity contribution is -0.143. The Labute approximate surface area is 172 Å². The zero-order valence-corrected chi connectivity index (χ0v) is 17.5. The fraction of sp³-hybridized carbons (Fsp3) is 0.474. The first-order chi connectivity index (χ1) is 12.3. The van der Waals surface area contributed by atoms with Crippen molar-refractivity contribution in [1.29, 1.82) is 0 Å². The minimum atomic E-state index is -1.01. The number of carboxylic acid groups (broad SMARTS) is 1. The van der Waals surface area contributed by atoms with Gasteiger partial charge in [-0.15, -0.1) is 0 Å². The van der Waals surface area contributed by atoms with Gasteiger partial charge in [-0.1, -0.05) is 77.8 Å². The molecular formula is C19H22BrCl2NO3. The van der Waals surface area contributed by atoms with Crippen molar-refractivity contribution >= 4 is 51.0 Å². The maximum atomic E-state index is 13.1. The highest BCUT2D eigenvalue weighted by atomic mass is 79.9. The van der Waals surface area contributed by atoms with E-state index in [1.165, 1.54) is 23.5 Å². The number of carbonyl (C=O) groups excluding carboxylic acids is 1. The van der Waals surface area contributed by atoms with E-state index in [2.05, 4.69) is 22.5 Å². The average molecular weight is 463 g/mol. The van der Waals surface area contributed by atoms with Gasteiger partial charge in [-0.2, -0.15) is 0 Å². The molecule has 0 aliphatic heterocycles. The second-order valence-electron chi connectivity index (χ2n) is 6.67. The highest BCUT2D eigenvalue weighted by molar-refractivity contribution is 9.11. The van der Waals surface area contributed by atoms with Crippen molar-refractivity contribution in [3.8, 4) is 0 Å². The Kier molecular flexibility index (Phi) is 7.99. The summed E-state index contributed by atoms with van der Waals surface area (Å²) in [5.41, 5.74) is 0.236. The molecule has 1 fully saturated rings. The van der Waals surface area contributed by atoms with E-state index < -0.39 is 17.9 Å². The molecule has 0 aromatic heterocycles. The molecule has 142 valence electrons. The van der Waals surface area contributed by atoms with Crippen molar-refractivity contribution in [3.63, 3.8) is 0 Å². The van der Waals surface area contributed by atoms with Crippen LogP contribution in [0.3, 0.4) is 0 Å². The zero-order valence-electron chi connectivity index (χ0n) is 14.4. The number of carboxylic acids is 1. The van der Waals surface area contributed by atoms with E-state index in [4.69, 9.17) is 23.2 Å². The molecule has 0 spiro atoms. The number of benzene rings is 1. The van der Waals surface area contributed by atoms with Crippen LogP contribution in [0.25, 0.3) is 0 Å². The van der Waals surface area contributed by atoms with Crippen molar-refractivity contribution in [3.05, 3.63) is 44.9 Å². The van der Waals surface area contributed by atoms with Gasteiger partial charge in [0.15, 0.2) is 0 Å². The number of aliphatic carboxylic acids is 1. The first-order valence-electron chi connectivity index (χ1n) is 8.61. The fourth-order valence-electron chi connectivity index (χ4n) is 3.43. The summed E-state index contributed by atoms with van der Waals surface area (Å²) in [6.45, 7) is 3.87. The lowest BCUT2D eigenvalue weighted by Crippen LogP contribution is -2.47. The molecule has 1 saturated carbocycles. The molecule has 26 heavy (non-hydrogen) atoms. The summed E-state index contributed by atoms with van der Waals surface area (Å²) >= 11 is 15.3.